The summed E-state index contributed by atoms with van der Waals surface area (Å²) in [6.45, 7) is 3.46. The fourth-order valence-corrected chi connectivity index (χ4v) is 4.30. The zero-order valence-corrected chi connectivity index (χ0v) is 12.4. The van der Waals surface area contributed by atoms with Gasteiger partial charge in [-0.2, -0.15) is 0 Å². The highest BCUT2D eigenvalue weighted by molar-refractivity contribution is 5.47. The molecule has 21 heavy (non-hydrogen) atoms. The second-order valence-corrected chi connectivity index (χ2v) is 6.42. The van der Waals surface area contributed by atoms with E-state index in [0.717, 1.165) is 44.9 Å². The first-order chi connectivity index (χ1) is 10.3. The lowest BCUT2D eigenvalue weighted by Crippen LogP contribution is -2.57. The van der Waals surface area contributed by atoms with Crippen LogP contribution in [-0.4, -0.2) is 42.0 Å². The third-order valence-electron chi connectivity index (χ3n) is 5.27. The van der Waals surface area contributed by atoms with E-state index in [4.69, 9.17) is 9.47 Å². The van der Waals surface area contributed by atoms with Crippen molar-refractivity contribution in [3.63, 3.8) is 0 Å². The van der Waals surface area contributed by atoms with Crippen molar-refractivity contribution in [3.8, 4) is 11.5 Å². The van der Waals surface area contributed by atoms with Crippen LogP contribution >= 0.6 is 0 Å². The van der Waals surface area contributed by atoms with Gasteiger partial charge in [0.15, 0.2) is 5.72 Å². The topological polar surface area (TPSA) is 41.9 Å². The summed E-state index contributed by atoms with van der Waals surface area (Å²) in [5.41, 5.74) is 0.986. The van der Waals surface area contributed by atoms with E-state index in [0.29, 0.717) is 11.7 Å². The van der Waals surface area contributed by atoms with Gasteiger partial charge < -0.3 is 14.6 Å². The second kappa shape index (κ2) is 5.18. The first-order valence-corrected chi connectivity index (χ1v) is 8.14. The highest BCUT2D eigenvalue weighted by Crippen LogP contribution is 2.53. The van der Waals surface area contributed by atoms with E-state index < -0.39 is 0 Å². The smallest absolute Gasteiger partial charge is 0.170 e. The monoisotopic (exact) mass is 289 g/mol. The molecule has 0 spiro atoms. The Labute approximate surface area is 125 Å². The van der Waals surface area contributed by atoms with Crippen molar-refractivity contribution < 1.29 is 14.6 Å². The standard InChI is InChI=1S/C17H23NO3/c19-13-5-6-16-14(12-13)15-4-2-1-3-7-17(15,21-16)18-8-10-20-11-9-18/h5-6,12,15,19H,1-4,7-11H2/t15-,17+/m0/s1. The van der Waals surface area contributed by atoms with E-state index in [1.807, 2.05) is 12.1 Å². The molecule has 1 saturated heterocycles. The molecule has 3 aliphatic rings. The predicted molar refractivity (Wildman–Crippen MR) is 79.7 cm³/mol. The molecule has 4 heteroatoms. The molecule has 0 aromatic heterocycles. The number of fused-ring (bicyclic) bond motifs is 3. The van der Waals surface area contributed by atoms with Gasteiger partial charge in [0.1, 0.15) is 11.5 Å². The summed E-state index contributed by atoms with van der Waals surface area (Å²) in [4.78, 5) is 2.49. The van der Waals surface area contributed by atoms with Crippen molar-refractivity contribution >= 4 is 0 Å². The Morgan fingerprint density at radius 1 is 1.14 bits per heavy atom. The number of morpholine rings is 1. The van der Waals surface area contributed by atoms with Gasteiger partial charge >= 0.3 is 0 Å². The lowest BCUT2D eigenvalue weighted by atomic mass is 9.85. The van der Waals surface area contributed by atoms with Crippen LogP contribution in [0.25, 0.3) is 0 Å². The SMILES string of the molecule is Oc1ccc2c(c1)[C@@H]1CCCCC[C@@]1(N1CCOCC1)O2. The maximum atomic E-state index is 9.86. The lowest BCUT2D eigenvalue weighted by molar-refractivity contribution is -0.128. The number of hydrogen-bond donors (Lipinski definition) is 1. The zero-order chi connectivity index (χ0) is 14.3. The third-order valence-corrected chi connectivity index (χ3v) is 5.27. The van der Waals surface area contributed by atoms with Crippen LogP contribution in [0.1, 0.15) is 43.6 Å². The molecule has 0 unspecified atom stereocenters. The molecule has 2 atom stereocenters. The number of rotatable bonds is 1. The minimum absolute atomic E-state index is 0.212. The van der Waals surface area contributed by atoms with Crippen LogP contribution < -0.4 is 4.74 Å². The van der Waals surface area contributed by atoms with Crippen LogP contribution in [0.4, 0.5) is 0 Å². The number of aromatic hydroxyl groups is 1. The highest BCUT2D eigenvalue weighted by Gasteiger charge is 2.52. The van der Waals surface area contributed by atoms with Crippen LogP contribution in [0.3, 0.4) is 0 Å². The summed E-state index contributed by atoms with van der Waals surface area (Å²) < 4.78 is 12.1. The second-order valence-electron chi connectivity index (χ2n) is 6.42. The molecule has 0 amide bonds. The van der Waals surface area contributed by atoms with Gasteiger partial charge in [-0.05, 0) is 31.0 Å². The largest absolute Gasteiger partial charge is 0.508 e. The average Bonchev–Trinajstić information content (AvgIpc) is 2.68. The van der Waals surface area contributed by atoms with Crippen LogP contribution in [0.2, 0.25) is 0 Å². The molecular formula is C17H23NO3. The summed E-state index contributed by atoms with van der Waals surface area (Å²) in [5, 5.41) is 9.86. The normalized spacial score (nSPS) is 32.9. The van der Waals surface area contributed by atoms with E-state index >= 15 is 0 Å². The molecule has 1 aromatic rings. The van der Waals surface area contributed by atoms with E-state index in [2.05, 4.69) is 4.90 Å². The maximum absolute atomic E-state index is 9.86. The Bertz CT molecular complexity index is 527. The number of ether oxygens (including phenoxy) is 2. The van der Waals surface area contributed by atoms with Crippen LogP contribution in [0.5, 0.6) is 11.5 Å². The van der Waals surface area contributed by atoms with Gasteiger partial charge in [-0.1, -0.05) is 12.8 Å². The van der Waals surface area contributed by atoms with E-state index in [9.17, 15) is 5.11 Å². The molecule has 1 N–H and O–H groups in total. The minimum atomic E-state index is -0.212. The van der Waals surface area contributed by atoms with Crippen molar-refractivity contribution in [2.45, 2.75) is 43.7 Å². The summed E-state index contributed by atoms with van der Waals surface area (Å²) >= 11 is 0. The van der Waals surface area contributed by atoms with Gasteiger partial charge in [-0.15, -0.1) is 0 Å². The molecule has 0 radical (unpaired) electrons. The lowest BCUT2D eigenvalue weighted by Gasteiger charge is -2.45. The molecule has 2 fully saturated rings. The fraction of sp³-hybridized carbons (Fsp3) is 0.647. The maximum Gasteiger partial charge on any atom is 0.170 e. The number of phenolic OH excluding ortho intramolecular Hbond substituents is 1. The van der Waals surface area contributed by atoms with Gasteiger partial charge in [-0.25, -0.2) is 0 Å². The van der Waals surface area contributed by atoms with Crippen LogP contribution in [-0.2, 0) is 4.74 Å². The third kappa shape index (κ3) is 2.12. The summed E-state index contributed by atoms with van der Waals surface area (Å²) in [5.74, 6) is 1.69. The van der Waals surface area contributed by atoms with Gasteiger partial charge in [0.2, 0.25) is 0 Å². The van der Waals surface area contributed by atoms with Crippen molar-refractivity contribution in [2.75, 3.05) is 26.3 Å². The molecule has 2 heterocycles. The Hall–Kier alpha value is -1.26. The van der Waals surface area contributed by atoms with Crippen molar-refractivity contribution in [2.24, 2.45) is 0 Å². The molecule has 2 aliphatic heterocycles. The number of nitrogens with zero attached hydrogens (tertiary/aromatic N) is 1. The fourth-order valence-electron chi connectivity index (χ4n) is 4.30. The van der Waals surface area contributed by atoms with Gasteiger partial charge in [0, 0.05) is 31.0 Å². The van der Waals surface area contributed by atoms with Gasteiger partial charge in [0.25, 0.3) is 0 Å². The van der Waals surface area contributed by atoms with E-state index in [1.54, 1.807) is 6.07 Å². The summed E-state index contributed by atoms with van der Waals surface area (Å²) in [6.07, 6.45) is 5.96. The Kier molecular flexibility index (Phi) is 3.31. The van der Waals surface area contributed by atoms with Crippen LogP contribution in [0.15, 0.2) is 18.2 Å². The average molecular weight is 289 g/mol. The first-order valence-electron chi connectivity index (χ1n) is 8.14. The van der Waals surface area contributed by atoms with Crippen molar-refractivity contribution in [3.05, 3.63) is 23.8 Å². The molecule has 4 nitrogen and oxygen atoms in total. The first kappa shape index (κ1) is 13.4. The molecule has 0 bridgehead atoms. The summed E-state index contributed by atoms with van der Waals surface area (Å²) in [7, 11) is 0. The van der Waals surface area contributed by atoms with Crippen LogP contribution in [0, 0.1) is 0 Å². The van der Waals surface area contributed by atoms with E-state index in [-0.39, 0.29) is 5.72 Å². The Morgan fingerprint density at radius 3 is 2.86 bits per heavy atom. The highest BCUT2D eigenvalue weighted by atomic mass is 16.5. The number of benzene rings is 1. The van der Waals surface area contributed by atoms with Gasteiger partial charge in [-0.3, -0.25) is 4.90 Å². The summed E-state index contributed by atoms with van der Waals surface area (Å²) in [6, 6.07) is 5.58. The number of phenols is 1. The van der Waals surface area contributed by atoms with Gasteiger partial charge in [0.05, 0.1) is 13.2 Å². The predicted octanol–water partition coefficient (Wildman–Crippen LogP) is 2.86. The zero-order valence-electron chi connectivity index (χ0n) is 12.4. The molecule has 4 rings (SSSR count). The molecule has 1 saturated carbocycles. The molecule has 1 aliphatic carbocycles. The van der Waals surface area contributed by atoms with E-state index in [1.165, 1.54) is 24.8 Å². The molecule has 114 valence electrons. The Balaban J connectivity index is 1.75. The molecule has 1 aromatic carbocycles. The Morgan fingerprint density at radius 2 is 2.00 bits per heavy atom. The number of hydrogen-bond acceptors (Lipinski definition) is 4. The minimum Gasteiger partial charge on any atom is -0.508 e. The van der Waals surface area contributed by atoms with Crippen molar-refractivity contribution in [1.82, 2.24) is 4.90 Å². The molecular weight excluding hydrogens is 266 g/mol. The van der Waals surface area contributed by atoms with Crippen molar-refractivity contribution in [1.29, 1.82) is 0 Å². The quantitative estimate of drug-likeness (QED) is 0.863.